The Morgan fingerprint density at radius 1 is 1.00 bits per heavy atom. The van der Waals surface area contributed by atoms with Crippen LogP contribution in [0.5, 0.6) is 0 Å². The minimum atomic E-state index is -0.137. The van der Waals surface area contributed by atoms with E-state index in [9.17, 15) is 5.11 Å². The highest BCUT2D eigenvalue weighted by molar-refractivity contribution is 4.96. The molecule has 2 heteroatoms. The first-order chi connectivity index (χ1) is 8.71. The zero-order valence-electron chi connectivity index (χ0n) is 12.7. The summed E-state index contributed by atoms with van der Waals surface area (Å²) in [7, 11) is 0. The van der Waals surface area contributed by atoms with Crippen LogP contribution in [0.2, 0.25) is 0 Å². The highest BCUT2D eigenvalue weighted by atomic mass is 16.3. The molecule has 1 rings (SSSR count). The average Bonchev–Trinajstić information content (AvgIpc) is 2.91. The van der Waals surface area contributed by atoms with Crippen LogP contribution < -0.4 is 0 Å². The first-order valence-electron chi connectivity index (χ1n) is 8.14. The van der Waals surface area contributed by atoms with Crippen molar-refractivity contribution in [1.82, 2.24) is 4.90 Å². The Bertz CT molecular complexity index is 207. The summed E-state index contributed by atoms with van der Waals surface area (Å²) in [6.45, 7) is 9.11. The third-order valence-corrected chi connectivity index (χ3v) is 4.91. The Balaban J connectivity index is 2.53. The molecule has 1 saturated heterocycles. The number of likely N-dealkylation sites (tertiary alicyclic amines) is 1. The average molecular weight is 255 g/mol. The molecule has 0 spiro atoms. The van der Waals surface area contributed by atoms with Gasteiger partial charge >= 0.3 is 0 Å². The van der Waals surface area contributed by atoms with Gasteiger partial charge in [-0.2, -0.15) is 0 Å². The van der Waals surface area contributed by atoms with Crippen LogP contribution in [0.4, 0.5) is 0 Å². The fraction of sp³-hybridized carbons (Fsp3) is 1.00. The Morgan fingerprint density at radius 3 is 2.11 bits per heavy atom. The van der Waals surface area contributed by atoms with E-state index in [0.29, 0.717) is 0 Å². The number of hydrogen-bond acceptors (Lipinski definition) is 2. The van der Waals surface area contributed by atoms with Crippen molar-refractivity contribution in [2.45, 2.75) is 90.2 Å². The molecule has 0 aromatic carbocycles. The molecule has 1 aliphatic heterocycles. The maximum absolute atomic E-state index is 10.7. The van der Waals surface area contributed by atoms with Gasteiger partial charge in [0.15, 0.2) is 0 Å². The largest absolute Gasteiger partial charge is 0.391 e. The number of nitrogens with zero attached hydrogens (tertiary/aromatic N) is 1. The van der Waals surface area contributed by atoms with E-state index < -0.39 is 0 Å². The SMILES string of the molecule is CCCCCCC(O)C(CC)(CC)N1CCCC1. The van der Waals surface area contributed by atoms with Gasteiger partial charge in [-0.25, -0.2) is 0 Å². The van der Waals surface area contributed by atoms with Gasteiger partial charge in [0, 0.05) is 5.54 Å². The van der Waals surface area contributed by atoms with Gasteiger partial charge in [-0.1, -0.05) is 46.5 Å². The summed E-state index contributed by atoms with van der Waals surface area (Å²) in [6, 6.07) is 0. The number of aliphatic hydroxyl groups excluding tert-OH is 1. The normalized spacial score (nSPS) is 19.3. The lowest BCUT2D eigenvalue weighted by molar-refractivity contribution is -0.0326. The lowest BCUT2D eigenvalue weighted by Gasteiger charge is -2.44. The van der Waals surface area contributed by atoms with Crippen LogP contribution in [0.3, 0.4) is 0 Å². The molecular weight excluding hydrogens is 222 g/mol. The van der Waals surface area contributed by atoms with Gasteiger partial charge in [0.2, 0.25) is 0 Å². The third-order valence-electron chi connectivity index (χ3n) is 4.91. The molecular formula is C16H33NO. The monoisotopic (exact) mass is 255 g/mol. The van der Waals surface area contributed by atoms with E-state index in [-0.39, 0.29) is 11.6 Å². The molecule has 0 aliphatic carbocycles. The Morgan fingerprint density at radius 2 is 1.61 bits per heavy atom. The quantitative estimate of drug-likeness (QED) is 0.630. The van der Waals surface area contributed by atoms with Gasteiger partial charge in [0.05, 0.1) is 6.10 Å². The Hall–Kier alpha value is -0.0800. The molecule has 0 amide bonds. The topological polar surface area (TPSA) is 23.5 Å². The predicted octanol–water partition coefficient (Wildman–Crippen LogP) is 3.97. The van der Waals surface area contributed by atoms with E-state index in [1.165, 1.54) is 51.6 Å². The molecule has 1 unspecified atom stereocenters. The lowest BCUT2D eigenvalue weighted by atomic mass is 9.82. The highest BCUT2D eigenvalue weighted by Crippen LogP contribution is 2.33. The molecule has 1 aliphatic rings. The Kier molecular flexibility index (Phi) is 7.25. The number of aliphatic hydroxyl groups is 1. The van der Waals surface area contributed by atoms with Gasteiger partial charge in [-0.05, 0) is 45.2 Å². The second-order valence-corrected chi connectivity index (χ2v) is 5.87. The van der Waals surface area contributed by atoms with Crippen molar-refractivity contribution in [3.05, 3.63) is 0 Å². The summed E-state index contributed by atoms with van der Waals surface area (Å²) < 4.78 is 0. The van der Waals surface area contributed by atoms with Crippen molar-refractivity contribution in [2.24, 2.45) is 0 Å². The first-order valence-corrected chi connectivity index (χ1v) is 8.14. The van der Waals surface area contributed by atoms with Gasteiger partial charge in [-0.15, -0.1) is 0 Å². The second-order valence-electron chi connectivity index (χ2n) is 5.87. The van der Waals surface area contributed by atoms with Crippen molar-refractivity contribution in [3.63, 3.8) is 0 Å². The van der Waals surface area contributed by atoms with Crippen LogP contribution in [-0.2, 0) is 0 Å². The summed E-state index contributed by atoms with van der Waals surface area (Å²) >= 11 is 0. The molecule has 1 heterocycles. The van der Waals surface area contributed by atoms with E-state index >= 15 is 0 Å². The summed E-state index contributed by atoms with van der Waals surface area (Å²) in [5.41, 5.74) is 0.0582. The minimum absolute atomic E-state index is 0.0582. The van der Waals surface area contributed by atoms with Gasteiger partial charge < -0.3 is 5.11 Å². The van der Waals surface area contributed by atoms with Gasteiger partial charge in [-0.3, -0.25) is 4.90 Å². The molecule has 0 aromatic rings. The van der Waals surface area contributed by atoms with Crippen molar-refractivity contribution < 1.29 is 5.11 Å². The number of hydrogen-bond donors (Lipinski definition) is 1. The molecule has 108 valence electrons. The molecule has 0 saturated carbocycles. The van der Waals surface area contributed by atoms with E-state index in [1.807, 2.05) is 0 Å². The fourth-order valence-electron chi connectivity index (χ4n) is 3.57. The summed E-state index contributed by atoms with van der Waals surface area (Å²) in [4.78, 5) is 2.57. The van der Waals surface area contributed by atoms with E-state index in [1.54, 1.807) is 0 Å². The van der Waals surface area contributed by atoms with Crippen molar-refractivity contribution in [3.8, 4) is 0 Å². The maximum Gasteiger partial charge on any atom is 0.0723 e. The smallest absolute Gasteiger partial charge is 0.0723 e. The minimum Gasteiger partial charge on any atom is -0.391 e. The Labute approximate surface area is 114 Å². The molecule has 18 heavy (non-hydrogen) atoms. The van der Waals surface area contributed by atoms with Crippen LogP contribution >= 0.6 is 0 Å². The number of unbranched alkanes of at least 4 members (excludes halogenated alkanes) is 3. The summed E-state index contributed by atoms with van der Waals surface area (Å²) in [5.74, 6) is 0. The predicted molar refractivity (Wildman–Crippen MR) is 78.9 cm³/mol. The zero-order valence-corrected chi connectivity index (χ0v) is 12.7. The first kappa shape index (κ1) is 16.0. The second kappa shape index (κ2) is 8.16. The third kappa shape index (κ3) is 3.71. The van der Waals surface area contributed by atoms with Crippen LogP contribution in [0.15, 0.2) is 0 Å². The zero-order chi connectivity index (χ0) is 13.4. The van der Waals surface area contributed by atoms with E-state index in [4.69, 9.17) is 0 Å². The summed E-state index contributed by atoms with van der Waals surface area (Å²) in [6.07, 6.45) is 10.7. The fourth-order valence-corrected chi connectivity index (χ4v) is 3.57. The van der Waals surface area contributed by atoms with Crippen molar-refractivity contribution in [1.29, 1.82) is 0 Å². The molecule has 2 nitrogen and oxygen atoms in total. The molecule has 1 N–H and O–H groups in total. The molecule has 1 fully saturated rings. The van der Waals surface area contributed by atoms with Crippen molar-refractivity contribution in [2.75, 3.05) is 13.1 Å². The van der Waals surface area contributed by atoms with Gasteiger partial charge in [0.25, 0.3) is 0 Å². The van der Waals surface area contributed by atoms with Crippen LogP contribution in [0.1, 0.15) is 78.6 Å². The lowest BCUT2D eigenvalue weighted by Crippen LogP contribution is -2.55. The highest BCUT2D eigenvalue weighted by Gasteiger charge is 2.40. The van der Waals surface area contributed by atoms with Crippen LogP contribution in [0.25, 0.3) is 0 Å². The van der Waals surface area contributed by atoms with Gasteiger partial charge in [0.1, 0.15) is 0 Å². The van der Waals surface area contributed by atoms with Crippen LogP contribution in [0, 0.1) is 0 Å². The molecule has 0 bridgehead atoms. The summed E-state index contributed by atoms with van der Waals surface area (Å²) in [5, 5.41) is 10.7. The molecule has 0 radical (unpaired) electrons. The number of rotatable bonds is 9. The van der Waals surface area contributed by atoms with E-state index in [2.05, 4.69) is 25.7 Å². The van der Waals surface area contributed by atoms with Crippen LogP contribution in [-0.4, -0.2) is 34.7 Å². The standard InChI is InChI=1S/C16H33NO/c1-4-7-8-9-12-15(18)16(5-2,6-3)17-13-10-11-14-17/h15,18H,4-14H2,1-3H3. The maximum atomic E-state index is 10.7. The van der Waals surface area contributed by atoms with E-state index in [0.717, 1.165) is 19.3 Å². The van der Waals surface area contributed by atoms with Crippen molar-refractivity contribution >= 4 is 0 Å². The molecule has 1 atom stereocenters. The molecule has 0 aromatic heterocycles.